The number of nitrogens with two attached hydrogens (primary N) is 1. The van der Waals surface area contributed by atoms with Crippen LogP contribution >= 0.6 is 0 Å². The molecule has 1 saturated heterocycles. The van der Waals surface area contributed by atoms with Crippen LogP contribution in [-0.4, -0.2) is 27.2 Å². The highest BCUT2D eigenvalue weighted by Gasteiger charge is 2.27. The molecular weight excluding hydrogens is 256 g/mol. The Hall–Kier alpha value is -0.890. The highest BCUT2D eigenvalue weighted by atomic mass is 32.2. The average Bonchev–Trinajstić information content (AvgIpc) is 2.76. The van der Waals surface area contributed by atoms with E-state index in [1.165, 1.54) is 6.07 Å². The lowest BCUT2D eigenvalue weighted by atomic mass is 9.95. The maximum Gasteiger partial charge on any atom is 0.271 e. The number of rotatable bonds is 4. The summed E-state index contributed by atoms with van der Waals surface area (Å²) in [5.41, 5.74) is -0.0905. The Morgan fingerprint density at radius 1 is 1.50 bits per heavy atom. The maximum absolute atomic E-state index is 11.1. The van der Waals surface area contributed by atoms with Gasteiger partial charge in [0.25, 0.3) is 10.0 Å². The van der Waals surface area contributed by atoms with Crippen LogP contribution in [0.2, 0.25) is 0 Å². The van der Waals surface area contributed by atoms with Crippen molar-refractivity contribution in [2.45, 2.75) is 36.9 Å². The molecule has 0 aliphatic carbocycles. The highest BCUT2D eigenvalue weighted by molar-refractivity contribution is 7.89. The first kappa shape index (κ1) is 13.5. The topological polar surface area (TPSA) is 94.6 Å². The number of hydrogen-bond acceptors (Lipinski definition) is 5. The fourth-order valence-corrected chi connectivity index (χ4v) is 2.46. The zero-order chi connectivity index (χ0) is 13.2. The van der Waals surface area contributed by atoms with Gasteiger partial charge in [0.05, 0.1) is 13.2 Å². The van der Waals surface area contributed by atoms with E-state index in [1.54, 1.807) is 6.07 Å². The monoisotopic (exact) mass is 274 g/mol. The van der Waals surface area contributed by atoms with Crippen molar-refractivity contribution in [3.63, 3.8) is 0 Å². The Labute approximate surface area is 107 Å². The Bertz CT molecular complexity index is 503. The minimum Gasteiger partial charge on any atom is -0.447 e. The summed E-state index contributed by atoms with van der Waals surface area (Å²) in [4.78, 5) is 0. The van der Waals surface area contributed by atoms with Crippen LogP contribution in [0.1, 0.15) is 25.5 Å². The van der Waals surface area contributed by atoms with Crippen LogP contribution in [-0.2, 0) is 21.3 Å². The van der Waals surface area contributed by atoms with E-state index in [0.29, 0.717) is 18.9 Å². The van der Waals surface area contributed by atoms with Crippen LogP contribution in [0.4, 0.5) is 0 Å². The molecule has 0 amide bonds. The van der Waals surface area contributed by atoms with Gasteiger partial charge in [-0.15, -0.1) is 0 Å². The van der Waals surface area contributed by atoms with Gasteiger partial charge in [-0.05, 0) is 31.9 Å². The minimum atomic E-state index is -3.76. The largest absolute Gasteiger partial charge is 0.447 e. The molecule has 1 aromatic rings. The van der Waals surface area contributed by atoms with Gasteiger partial charge in [0.2, 0.25) is 5.09 Å². The molecule has 0 radical (unpaired) electrons. The molecule has 2 rings (SSSR count). The summed E-state index contributed by atoms with van der Waals surface area (Å²) in [7, 11) is -3.76. The Morgan fingerprint density at radius 3 is 2.83 bits per heavy atom. The van der Waals surface area contributed by atoms with Crippen molar-refractivity contribution in [1.29, 1.82) is 0 Å². The number of primary sulfonamides is 1. The third kappa shape index (κ3) is 3.32. The smallest absolute Gasteiger partial charge is 0.271 e. The summed E-state index contributed by atoms with van der Waals surface area (Å²) in [5, 5.41) is 8.09. The van der Waals surface area contributed by atoms with Crippen LogP contribution < -0.4 is 10.5 Å². The van der Waals surface area contributed by atoms with E-state index in [1.807, 2.05) is 0 Å². The summed E-state index contributed by atoms with van der Waals surface area (Å²) in [5.74, 6) is 0.547. The van der Waals surface area contributed by atoms with Crippen LogP contribution in [0.5, 0.6) is 0 Å². The van der Waals surface area contributed by atoms with E-state index < -0.39 is 10.0 Å². The zero-order valence-electron chi connectivity index (χ0n) is 10.3. The number of ether oxygens (including phenoxy) is 1. The maximum atomic E-state index is 11.1. The second-order valence-corrected chi connectivity index (χ2v) is 6.33. The lowest BCUT2D eigenvalue weighted by Gasteiger charge is -2.34. The lowest BCUT2D eigenvalue weighted by molar-refractivity contribution is 0.0269. The molecule has 7 heteroatoms. The van der Waals surface area contributed by atoms with E-state index in [-0.39, 0.29) is 10.6 Å². The molecule has 1 fully saturated rings. The Balaban J connectivity index is 1.96. The number of sulfonamides is 1. The molecular formula is C11H18N2O4S. The molecule has 0 saturated carbocycles. The summed E-state index contributed by atoms with van der Waals surface area (Å²) in [6, 6.07) is 2.98. The van der Waals surface area contributed by atoms with Crippen molar-refractivity contribution in [3.8, 4) is 0 Å². The molecule has 0 bridgehead atoms. The molecule has 1 unspecified atom stereocenters. The molecule has 0 spiro atoms. The van der Waals surface area contributed by atoms with Crippen molar-refractivity contribution in [2.75, 3.05) is 13.2 Å². The third-order valence-electron chi connectivity index (χ3n) is 3.04. The molecule has 102 valence electrons. The predicted molar refractivity (Wildman–Crippen MR) is 65.4 cm³/mol. The van der Waals surface area contributed by atoms with Gasteiger partial charge < -0.3 is 14.5 Å². The normalized spacial score (nSPS) is 25.2. The van der Waals surface area contributed by atoms with E-state index in [9.17, 15) is 8.42 Å². The van der Waals surface area contributed by atoms with Crippen LogP contribution in [0, 0.1) is 0 Å². The van der Waals surface area contributed by atoms with Crippen LogP contribution in [0.15, 0.2) is 21.6 Å². The van der Waals surface area contributed by atoms with Gasteiger partial charge in [-0.3, -0.25) is 0 Å². The number of nitrogens with one attached hydrogen (secondary N) is 1. The van der Waals surface area contributed by atoms with Gasteiger partial charge in [0.15, 0.2) is 0 Å². The standard InChI is InChI=1S/C11H18N2O4S/c1-11(5-2-6-16-8-11)13-7-9-3-4-10(17-9)18(12,14)15/h3-4,13H,2,5-8H2,1H3,(H2,12,14,15). The molecule has 1 atom stereocenters. The second kappa shape index (κ2) is 5.00. The van der Waals surface area contributed by atoms with Crippen LogP contribution in [0.25, 0.3) is 0 Å². The Morgan fingerprint density at radius 2 is 2.28 bits per heavy atom. The van der Waals surface area contributed by atoms with Gasteiger partial charge in [-0.25, -0.2) is 13.6 Å². The molecule has 1 aromatic heterocycles. The van der Waals surface area contributed by atoms with Crippen molar-refractivity contribution in [2.24, 2.45) is 5.14 Å². The summed E-state index contributed by atoms with van der Waals surface area (Å²) in [6.45, 7) is 3.98. The van der Waals surface area contributed by atoms with Gasteiger partial charge in [0, 0.05) is 12.1 Å². The van der Waals surface area contributed by atoms with E-state index in [4.69, 9.17) is 14.3 Å². The fourth-order valence-electron chi connectivity index (χ4n) is 1.98. The first-order chi connectivity index (χ1) is 8.39. The Kier molecular flexibility index (Phi) is 3.76. The number of hydrogen-bond donors (Lipinski definition) is 2. The van der Waals surface area contributed by atoms with Gasteiger partial charge >= 0.3 is 0 Å². The van der Waals surface area contributed by atoms with Crippen molar-refractivity contribution in [3.05, 3.63) is 17.9 Å². The van der Waals surface area contributed by atoms with E-state index >= 15 is 0 Å². The number of furan rings is 1. The van der Waals surface area contributed by atoms with Crippen molar-refractivity contribution >= 4 is 10.0 Å². The SMILES string of the molecule is CC1(NCc2ccc(S(N)(=O)=O)o2)CCCOC1. The lowest BCUT2D eigenvalue weighted by Crippen LogP contribution is -2.48. The van der Waals surface area contributed by atoms with Gasteiger partial charge in [-0.2, -0.15) is 0 Å². The van der Waals surface area contributed by atoms with Crippen molar-refractivity contribution < 1.29 is 17.6 Å². The predicted octanol–water partition coefficient (Wildman–Crippen LogP) is 0.586. The second-order valence-electron chi connectivity index (χ2n) is 4.84. The molecule has 1 aliphatic heterocycles. The van der Waals surface area contributed by atoms with Crippen LogP contribution in [0.3, 0.4) is 0 Å². The van der Waals surface area contributed by atoms with E-state index in [2.05, 4.69) is 12.2 Å². The zero-order valence-corrected chi connectivity index (χ0v) is 11.1. The first-order valence-electron chi connectivity index (χ1n) is 5.83. The highest BCUT2D eigenvalue weighted by Crippen LogP contribution is 2.19. The molecule has 6 nitrogen and oxygen atoms in total. The van der Waals surface area contributed by atoms with E-state index in [0.717, 1.165) is 19.4 Å². The molecule has 1 aliphatic rings. The first-order valence-corrected chi connectivity index (χ1v) is 7.38. The molecule has 2 heterocycles. The average molecular weight is 274 g/mol. The molecule has 18 heavy (non-hydrogen) atoms. The third-order valence-corrected chi connectivity index (χ3v) is 3.82. The quantitative estimate of drug-likeness (QED) is 0.837. The molecule has 0 aromatic carbocycles. The van der Waals surface area contributed by atoms with Gasteiger partial charge in [-0.1, -0.05) is 0 Å². The summed E-state index contributed by atoms with van der Waals surface area (Å²) >= 11 is 0. The van der Waals surface area contributed by atoms with Gasteiger partial charge in [0.1, 0.15) is 5.76 Å². The summed E-state index contributed by atoms with van der Waals surface area (Å²) < 4.78 is 32.7. The minimum absolute atomic E-state index is 0.0905. The fraction of sp³-hybridized carbons (Fsp3) is 0.636. The van der Waals surface area contributed by atoms with Crippen molar-refractivity contribution in [1.82, 2.24) is 5.32 Å². The molecule has 3 N–H and O–H groups in total. The summed E-state index contributed by atoms with van der Waals surface area (Å²) in [6.07, 6.45) is 2.04.